The number of benzene rings is 2. The highest BCUT2D eigenvalue weighted by atomic mass is 19.1. The van der Waals surface area contributed by atoms with E-state index in [0.717, 1.165) is 29.7 Å². The largest absolute Gasteiger partial charge is 0.490 e. The van der Waals surface area contributed by atoms with Crippen LogP contribution in [0.4, 0.5) is 8.78 Å². The van der Waals surface area contributed by atoms with Gasteiger partial charge in [-0.1, -0.05) is 6.92 Å². The molecule has 156 valence electrons. The van der Waals surface area contributed by atoms with Gasteiger partial charge < -0.3 is 19.9 Å². The fourth-order valence-electron chi connectivity index (χ4n) is 4.15. The van der Waals surface area contributed by atoms with Gasteiger partial charge >= 0.3 is 0 Å². The van der Waals surface area contributed by atoms with Crippen molar-refractivity contribution in [3.8, 4) is 11.5 Å². The summed E-state index contributed by atoms with van der Waals surface area (Å²) in [6.07, 6.45) is 2.13. The van der Waals surface area contributed by atoms with Gasteiger partial charge in [-0.25, -0.2) is 8.78 Å². The summed E-state index contributed by atoms with van der Waals surface area (Å²) in [6.45, 7) is 3.23. The molecule has 2 unspecified atom stereocenters. The Bertz CT molecular complexity index is 791. The van der Waals surface area contributed by atoms with Crippen LogP contribution in [0.3, 0.4) is 0 Å². The van der Waals surface area contributed by atoms with Crippen molar-refractivity contribution in [1.29, 1.82) is 0 Å². The van der Waals surface area contributed by atoms with E-state index in [-0.39, 0.29) is 29.8 Å². The molecule has 0 aliphatic carbocycles. The first-order chi connectivity index (χ1) is 14.0. The molecule has 2 aromatic carbocycles. The summed E-state index contributed by atoms with van der Waals surface area (Å²) in [5.74, 6) is 1.17. The van der Waals surface area contributed by atoms with Gasteiger partial charge in [-0.15, -0.1) is 0 Å². The summed E-state index contributed by atoms with van der Waals surface area (Å²) >= 11 is 0. The van der Waals surface area contributed by atoms with Crippen molar-refractivity contribution in [1.82, 2.24) is 5.32 Å². The van der Waals surface area contributed by atoms with Crippen molar-refractivity contribution >= 4 is 0 Å². The predicted molar refractivity (Wildman–Crippen MR) is 106 cm³/mol. The van der Waals surface area contributed by atoms with Gasteiger partial charge in [0.1, 0.15) is 41.4 Å². The molecule has 2 aliphatic heterocycles. The van der Waals surface area contributed by atoms with Crippen molar-refractivity contribution < 1.29 is 23.4 Å². The lowest BCUT2D eigenvalue weighted by Gasteiger charge is -2.32. The van der Waals surface area contributed by atoms with Gasteiger partial charge in [0.25, 0.3) is 0 Å². The average molecular weight is 403 g/mol. The smallest absolute Gasteiger partial charge is 0.126 e. The van der Waals surface area contributed by atoms with E-state index in [1.807, 2.05) is 0 Å². The van der Waals surface area contributed by atoms with Gasteiger partial charge in [0.2, 0.25) is 0 Å². The number of halogens is 2. The Hall–Kier alpha value is -2.18. The summed E-state index contributed by atoms with van der Waals surface area (Å²) < 4.78 is 38.5. The summed E-state index contributed by atoms with van der Waals surface area (Å²) in [5, 5.41) is 13.8. The number of aryl methyl sites for hydroxylation is 2. The van der Waals surface area contributed by atoms with E-state index in [0.29, 0.717) is 31.7 Å². The first-order valence-corrected chi connectivity index (χ1v) is 10.3. The maximum absolute atomic E-state index is 13.3. The van der Waals surface area contributed by atoms with Crippen molar-refractivity contribution in [3.05, 3.63) is 59.2 Å². The molecular formula is C23H27F2NO3. The molecule has 0 aromatic heterocycles. The minimum absolute atomic E-state index is 0.0605. The van der Waals surface area contributed by atoms with Crippen molar-refractivity contribution in [3.63, 3.8) is 0 Å². The molecule has 2 heterocycles. The molecular weight excluding hydrogens is 376 g/mol. The van der Waals surface area contributed by atoms with E-state index in [4.69, 9.17) is 9.47 Å². The Morgan fingerprint density at radius 2 is 1.48 bits per heavy atom. The number of aliphatic hydroxyl groups is 1. The van der Waals surface area contributed by atoms with Gasteiger partial charge in [0.15, 0.2) is 0 Å². The lowest BCUT2D eigenvalue weighted by molar-refractivity contribution is 0.0228. The van der Waals surface area contributed by atoms with Crippen LogP contribution in [0.25, 0.3) is 0 Å². The number of hydrogen-bond donors (Lipinski definition) is 2. The zero-order valence-electron chi connectivity index (χ0n) is 16.5. The van der Waals surface area contributed by atoms with E-state index in [1.54, 1.807) is 18.2 Å². The molecule has 4 rings (SSSR count). The van der Waals surface area contributed by atoms with Gasteiger partial charge in [-0.2, -0.15) is 0 Å². The molecule has 4 nitrogen and oxygen atoms in total. The Balaban J connectivity index is 1.24. The Labute approximate surface area is 169 Å². The van der Waals surface area contributed by atoms with Crippen LogP contribution in [-0.4, -0.2) is 36.5 Å². The number of hydrogen-bond acceptors (Lipinski definition) is 4. The van der Waals surface area contributed by atoms with Crippen LogP contribution >= 0.6 is 0 Å². The first kappa shape index (κ1) is 20.1. The topological polar surface area (TPSA) is 50.7 Å². The normalized spacial score (nSPS) is 22.6. The second-order valence-electron chi connectivity index (χ2n) is 8.10. The Kier molecular flexibility index (Phi) is 6.01. The van der Waals surface area contributed by atoms with Gasteiger partial charge in [-0.05, 0) is 73.2 Å². The van der Waals surface area contributed by atoms with Gasteiger partial charge in [0.05, 0.1) is 0 Å². The number of aliphatic hydroxyl groups excluding tert-OH is 1. The molecule has 6 heteroatoms. The van der Waals surface area contributed by atoms with Crippen molar-refractivity contribution in [2.24, 2.45) is 5.92 Å². The monoisotopic (exact) mass is 403 g/mol. The number of ether oxygens (including phenoxy) is 2. The van der Waals surface area contributed by atoms with Crippen LogP contribution in [0.15, 0.2) is 36.4 Å². The SMILES string of the molecule is C[C@@H](CNCC(O)C1CCc2cc(F)ccc2O1)[C@@H]1CCc2cc(F)ccc2O1. The highest BCUT2D eigenvalue weighted by Crippen LogP contribution is 2.31. The van der Waals surface area contributed by atoms with Crippen LogP contribution < -0.4 is 14.8 Å². The molecule has 0 radical (unpaired) electrons. The second kappa shape index (κ2) is 8.67. The lowest BCUT2D eigenvalue weighted by atomic mass is 9.94. The Morgan fingerprint density at radius 1 is 0.931 bits per heavy atom. The number of rotatable bonds is 6. The third-order valence-corrected chi connectivity index (χ3v) is 5.88. The molecule has 2 aliphatic rings. The van der Waals surface area contributed by atoms with Gasteiger partial charge in [-0.3, -0.25) is 0 Å². The summed E-state index contributed by atoms with van der Waals surface area (Å²) in [6, 6.07) is 9.17. The second-order valence-corrected chi connectivity index (χ2v) is 8.10. The summed E-state index contributed by atoms with van der Waals surface area (Å²) in [7, 11) is 0. The average Bonchev–Trinajstić information content (AvgIpc) is 2.72. The third kappa shape index (κ3) is 4.70. The minimum atomic E-state index is -0.642. The van der Waals surface area contributed by atoms with E-state index < -0.39 is 6.10 Å². The highest BCUT2D eigenvalue weighted by Gasteiger charge is 2.28. The molecule has 0 saturated carbocycles. The molecule has 0 saturated heterocycles. The fourth-order valence-corrected chi connectivity index (χ4v) is 4.15. The van der Waals surface area contributed by atoms with Crippen LogP contribution in [0.2, 0.25) is 0 Å². The standard InChI is InChI=1S/C23H27F2NO3/c1-14(20-6-2-15-10-17(24)4-8-21(15)28-20)12-26-13-19(27)23-7-3-16-11-18(25)5-9-22(16)29-23/h4-5,8-11,14,19-20,23,26-27H,2-3,6-7,12-13H2,1H3/t14-,19?,20-,23?/m0/s1. The van der Waals surface area contributed by atoms with E-state index in [2.05, 4.69) is 12.2 Å². The van der Waals surface area contributed by atoms with E-state index in [9.17, 15) is 13.9 Å². The molecule has 0 bridgehead atoms. The van der Waals surface area contributed by atoms with Crippen molar-refractivity contribution in [2.45, 2.75) is 50.9 Å². The lowest BCUT2D eigenvalue weighted by Crippen LogP contribution is -2.44. The van der Waals surface area contributed by atoms with E-state index in [1.165, 1.54) is 18.2 Å². The zero-order valence-corrected chi connectivity index (χ0v) is 16.5. The van der Waals surface area contributed by atoms with Crippen LogP contribution in [0.5, 0.6) is 11.5 Å². The minimum Gasteiger partial charge on any atom is -0.490 e. The van der Waals surface area contributed by atoms with Gasteiger partial charge in [0, 0.05) is 19.0 Å². The van der Waals surface area contributed by atoms with Crippen LogP contribution in [0.1, 0.15) is 30.9 Å². The molecule has 2 aromatic rings. The van der Waals surface area contributed by atoms with Crippen LogP contribution in [-0.2, 0) is 12.8 Å². The summed E-state index contributed by atoms with van der Waals surface area (Å²) in [4.78, 5) is 0. The number of fused-ring (bicyclic) bond motifs is 2. The maximum Gasteiger partial charge on any atom is 0.126 e. The maximum atomic E-state index is 13.3. The fraction of sp³-hybridized carbons (Fsp3) is 0.478. The molecule has 29 heavy (non-hydrogen) atoms. The first-order valence-electron chi connectivity index (χ1n) is 10.3. The molecule has 0 fully saturated rings. The quantitative estimate of drug-likeness (QED) is 0.773. The third-order valence-electron chi connectivity index (χ3n) is 5.88. The molecule has 2 N–H and O–H groups in total. The highest BCUT2D eigenvalue weighted by molar-refractivity contribution is 5.36. The zero-order chi connectivity index (χ0) is 20.4. The number of nitrogens with one attached hydrogen (secondary N) is 1. The molecule has 0 amide bonds. The summed E-state index contributed by atoms with van der Waals surface area (Å²) in [5.41, 5.74) is 1.77. The molecule has 0 spiro atoms. The van der Waals surface area contributed by atoms with Crippen LogP contribution in [0, 0.1) is 17.6 Å². The van der Waals surface area contributed by atoms with Crippen molar-refractivity contribution in [2.75, 3.05) is 13.1 Å². The predicted octanol–water partition coefficient (Wildman–Crippen LogP) is 3.64. The Morgan fingerprint density at radius 3 is 2.10 bits per heavy atom. The molecule has 4 atom stereocenters. The van der Waals surface area contributed by atoms with E-state index >= 15 is 0 Å².